The Hall–Kier alpha value is -4.46. The Morgan fingerprint density at radius 2 is 1.55 bits per heavy atom. The summed E-state index contributed by atoms with van der Waals surface area (Å²) in [7, 11) is -0.886. The molecule has 0 unspecified atom stereocenters. The number of anilines is 2. The lowest BCUT2D eigenvalue weighted by Crippen LogP contribution is -2.31. The molecule has 0 spiro atoms. The lowest BCUT2D eigenvalue weighted by atomic mass is 10.00. The third-order valence-electron chi connectivity index (χ3n) is 8.28. The zero-order valence-electron chi connectivity index (χ0n) is 29.4. The summed E-state index contributed by atoms with van der Waals surface area (Å²) in [6.07, 6.45) is 0.635. The number of amides is 1. The fraction of sp³-hybridized carbons (Fsp3) is 0.225. The number of carbonyl (C=O) groups excluding carboxylic acids is 1. The first-order valence-corrected chi connectivity index (χ1v) is 19.9. The summed E-state index contributed by atoms with van der Waals surface area (Å²) >= 11 is 7.63. The molecule has 0 saturated carbocycles. The highest BCUT2D eigenvalue weighted by molar-refractivity contribution is 7.99. The molecule has 8 nitrogen and oxygen atoms in total. The third kappa shape index (κ3) is 11.8. The van der Waals surface area contributed by atoms with E-state index < -0.39 is 32.5 Å². The van der Waals surface area contributed by atoms with E-state index in [1.165, 1.54) is 12.1 Å². The van der Waals surface area contributed by atoms with E-state index in [0.29, 0.717) is 49.4 Å². The van der Waals surface area contributed by atoms with Crippen LogP contribution in [0.2, 0.25) is 5.02 Å². The standard InChI is InChI=1S/C40H42ClF2N5O3S2/c1-48(2)23-20-33(27-52-34-9-4-3-5-10-34)46-38-24-37(43)39(25-36(38)42)53(50,51)47-40(49)29-14-18-32(19-15-29)45-22-21-44-26-30-8-6-7-11-35(30)28-12-16-31(41)17-13-28/h3-19,24-25,33,44-46H,20-23,26-27H2,1-2H3,(H,47,49)/t33-/m1/s1. The van der Waals surface area contributed by atoms with Gasteiger partial charge in [-0.2, -0.15) is 0 Å². The van der Waals surface area contributed by atoms with Crippen molar-refractivity contribution in [1.29, 1.82) is 0 Å². The summed E-state index contributed by atoms with van der Waals surface area (Å²) in [6.45, 7) is 2.59. The second-order valence-electron chi connectivity index (χ2n) is 12.6. The Morgan fingerprint density at radius 3 is 2.26 bits per heavy atom. The largest absolute Gasteiger partial charge is 0.384 e. The molecule has 4 N–H and O–H groups in total. The minimum absolute atomic E-state index is 0.0369. The van der Waals surface area contributed by atoms with Gasteiger partial charge in [0.1, 0.15) is 16.5 Å². The molecule has 53 heavy (non-hydrogen) atoms. The smallest absolute Gasteiger partial charge is 0.267 e. The minimum Gasteiger partial charge on any atom is -0.384 e. The molecule has 5 aromatic rings. The molecule has 0 saturated heterocycles. The molecule has 0 aromatic heterocycles. The van der Waals surface area contributed by atoms with E-state index in [2.05, 4.69) is 28.1 Å². The predicted octanol–water partition coefficient (Wildman–Crippen LogP) is 8.13. The number of sulfonamides is 1. The van der Waals surface area contributed by atoms with Gasteiger partial charge in [-0.1, -0.05) is 66.2 Å². The average molecular weight is 778 g/mol. The Bertz CT molecular complexity index is 2070. The first kappa shape index (κ1) is 39.7. The van der Waals surface area contributed by atoms with Crippen LogP contribution in [0.5, 0.6) is 0 Å². The summed E-state index contributed by atoms with van der Waals surface area (Å²) in [5.41, 5.74) is 3.94. The average Bonchev–Trinajstić information content (AvgIpc) is 3.14. The molecule has 13 heteroatoms. The van der Waals surface area contributed by atoms with Gasteiger partial charge < -0.3 is 20.9 Å². The summed E-state index contributed by atoms with van der Waals surface area (Å²) in [5.74, 6) is -2.53. The summed E-state index contributed by atoms with van der Waals surface area (Å²) in [6, 6.07) is 32.9. The van der Waals surface area contributed by atoms with Gasteiger partial charge in [0, 0.05) is 58.7 Å². The highest BCUT2D eigenvalue weighted by Gasteiger charge is 2.25. The molecule has 0 fully saturated rings. The van der Waals surface area contributed by atoms with Crippen LogP contribution in [0.15, 0.2) is 125 Å². The van der Waals surface area contributed by atoms with Crippen LogP contribution in [-0.4, -0.2) is 64.7 Å². The highest BCUT2D eigenvalue weighted by Crippen LogP contribution is 2.27. The van der Waals surface area contributed by atoms with E-state index in [1.807, 2.05) is 90.4 Å². The fourth-order valence-corrected chi connectivity index (χ4v) is 7.63. The number of carbonyl (C=O) groups is 1. The van der Waals surface area contributed by atoms with E-state index in [0.717, 1.165) is 33.3 Å². The van der Waals surface area contributed by atoms with Gasteiger partial charge in [0.2, 0.25) is 0 Å². The maximum Gasteiger partial charge on any atom is 0.267 e. The van der Waals surface area contributed by atoms with Crippen LogP contribution in [0.3, 0.4) is 0 Å². The molecular weight excluding hydrogens is 736 g/mol. The van der Waals surface area contributed by atoms with E-state index in [-0.39, 0.29) is 17.3 Å². The van der Waals surface area contributed by atoms with Crippen LogP contribution in [0.1, 0.15) is 22.3 Å². The Morgan fingerprint density at radius 1 is 0.849 bits per heavy atom. The Kier molecular flexibility index (Phi) is 14.3. The summed E-state index contributed by atoms with van der Waals surface area (Å²) < 4.78 is 58.5. The van der Waals surface area contributed by atoms with Gasteiger partial charge in [-0.3, -0.25) is 4.79 Å². The van der Waals surface area contributed by atoms with Gasteiger partial charge in [0.25, 0.3) is 15.9 Å². The Balaban J connectivity index is 1.13. The van der Waals surface area contributed by atoms with Crippen molar-refractivity contribution in [2.24, 2.45) is 0 Å². The van der Waals surface area contributed by atoms with Gasteiger partial charge in [0.15, 0.2) is 0 Å². The molecule has 0 heterocycles. The number of nitrogens with zero attached hydrogens (tertiary/aromatic N) is 1. The van der Waals surface area contributed by atoms with Gasteiger partial charge in [-0.15, -0.1) is 11.8 Å². The van der Waals surface area contributed by atoms with Crippen LogP contribution in [0, 0.1) is 11.6 Å². The zero-order valence-corrected chi connectivity index (χ0v) is 31.8. The zero-order chi connectivity index (χ0) is 37.8. The lowest BCUT2D eigenvalue weighted by molar-refractivity contribution is 0.0981. The Labute approximate surface area is 319 Å². The topological polar surface area (TPSA) is 103 Å². The molecular formula is C40H42ClF2N5O3S2. The third-order valence-corrected chi connectivity index (χ3v) is 11.1. The summed E-state index contributed by atoms with van der Waals surface area (Å²) in [5, 5.41) is 10.4. The van der Waals surface area contributed by atoms with E-state index in [9.17, 15) is 13.2 Å². The van der Waals surface area contributed by atoms with Crippen molar-refractivity contribution in [2.75, 3.05) is 50.1 Å². The first-order valence-electron chi connectivity index (χ1n) is 17.0. The molecule has 5 rings (SSSR count). The molecule has 278 valence electrons. The molecule has 5 aromatic carbocycles. The van der Waals surface area contributed by atoms with Gasteiger partial charge in [-0.25, -0.2) is 21.9 Å². The second kappa shape index (κ2) is 19.0. The van der Waals surface area contributed by atoms with Gasteiger partial charge >= 0.3 is 0 Å². The minimum atomic E-state index is -4.73. The van der Waals surface area contributed by atoms with Crippen LogP contribution in [0.4, 0.5) is 20.2 Å². The van der Waals surface area contributed by atoms with E-state index >= 15 is 8.78 Å². The molecule has 0 aliphatic rings. The lowest BCUT2D eigenvalue weighted by Gasteiger charge is -2.22. The van der Waals surface area contributed by atoms with Crippen LogP contribution in [-0.2, 0) is 16.6 Å². The summed E-state index contributed by atoms with van der Waals surface area (Å²) in [4.78, 5) is 15.0. The quantitative estimate of drug-likeness (QED) is 0.0523. The van der Waals surface area contributed by atoms with Crippen molar-refractivity contribution >= 4 is 50.7 Å². The molecule has 0 radical (unpaired) electrons. The van der Waals surface area contributed by atoms with Gasteiger partial charge in [0.05, 0.1) is 5.69 Å². The number of halogens is 3. The molecule has 1 amide bonds. The van der Waals surface area contributed by atoms with E-state index in [1.54, 1.807) is 23.9 Å². The number of thioether (sulfide) groups is 1. The van der Waals surface area contributed by atoms with Crippen LogP contribution < -0.4 is 20.7 Å². The van der Waals surface area contributed by atoms with Crippen molar-refractivity contribution in [1.82, 2.24) is 14.9 Å². The van der Waals surface area contributed by atoms with Crippen molar-refractivity contribution < 1.29 is 22.0 Å². The normalized spacial score (nSPS) is 12.0. The van der Waals surface area contributed by atoms with Crippen LogP contribution >= 0.6 is 23.4 Å². The number of rotatable bonds is 18. The van der Waals surface area contributed by atoms with Crippen molar-refractivity contribution in [3.05, 3.63) is 143 Å². The molecule has 1 atom stereocenters. The number of benzene rings is 5. The molecule has 0 bridgehead atoms. The fourth-order valence-electron chi connectivity index (χ4n) is 5.47. The van der Waals surface area contributed by atoms with Gasteiger partial charge in [-0.05, 0) is 98.3 Å². The maximum atomic E-state index is 15.3. The molecule has 0 aliphatic carbocycles. The number of hydrogen-bond acceptors (Lipinski definition) is 8. The number of nitrogens with one attached hydrogen (secondary N) is 4. The SMILES string of the molecule is CN(C)CC[C@H](CSc1ccccc1)Nc1cc(F)c(S(=O)(=O)NC(=O)c2ccc(NCCNCc3ccccc3-c3ccc(Cl)cc3)cc2)cc1F. The first-order chi connectivity index (χ1) is 25.5. The van der Waals surface area contributed by atoms with E-state index in [4.69, 9.17) is 11.6 Å². The van der Waals surface area contributed by atoms with Crippen molar-refractivity contribution in [3.63, 3.8) is 0 Å². The van der Waals surface area contributed by atoms with Crippen molar-refractivity contribution in [3.8, 4) is 11.1 Å². The highest BCUT2D eigenvalue weighted by atomic mass is 35.5. The van der Waals surface area contributed by atoms with Crippen molar-refractivity contribution in [2.45, 2.75) is 28.8 Å². The van der Waals surface area contributed by atoms with Crippen LogP contribution in [0.25, 0.3) is 11.1 Å². The molecule has 0 aliphatic heterocycles. The second-order valence-corrected chi connectivity index (χ2v) is 15.8. The number of hydrogen-bond donors (Lipinski definition) is 4. The monoisotopic (exact) mass is 777 g/mol. The maximum absolute atomic E-state index is 15.3. The predicted molar refractivity (Wildman–Crippen MR) is 212 cm³/mol.